The number of nitrogens with one attached hydrogen (secondary N) is 2. The molecule has 0 aromatic carbocycles. The van der Waals surface area contributed by atoms with Crippen LogP contribution in [0.4, 0.5) is 0 Å². The molecule has 8 nitrogen and oxygen atoms in total. The summed E-state index contributed by atoms with van der Waals surface area (Å²) in [6.45, 7) is 4.99. The van der Waals surface area contributed by atoms with Gasteiger partial charge in [-0.3, -0.25) is 0 Å². The van der Waals surface area contributed by atoms with Gasteiger partial charge in [0.25, 0.3) is 0 Å². The van der Waals surface area contributed by atoms with Gasteiger partial charge in [0.1, 0.15) is 0 Å². The normalized spacial score (nSPS) is 28.8. The molecule has 0 saturated carbocycles. The Morgan fingerprint density at radius 2 is 1.11 bits per heavy atom. The molecule has 6 N–H and O–H groups in total. The predicted molar refractivity (Wildman–Crippen MR) is 60.0 cm³/mol. The molecule has 2 heterocycles. The molecule has 2 saturated heterocycles. The van der Waals surface area contributed by atoms with Gasteiger partial charge in [-0.1, -0.05) is 0 Å². The topological polar surface area (TPSA) is 139 Å². The molecule has 0 spiro atoms. The van der Waals surface area contributed by atoms with Gasteiger partial charge in [0, 0.05) is 0 Å². The lowest BCUT2D eigenvalue weighted by molar-refractivity contribution is -0.165. The summed E-state index contributed by atoms with van der Waals surface area (Å²) < 4.78 is 0. The Morgan fingerprint density at radius 3 is 1.33 bits per heavy atom. The van der Waals surface area contributed by atoms with Crippen LogP contribution >= 0.6 is 0 Å². The molecule has 2 aliphatic heterocycles. The Kier molecular flexibility index (Phi) is 5.48. The van der Waals surface area contributed by atoms with Crippen molar-refractivity contribution in [1.29, 1.82) is 0 Å². The predicted octanol–water partition coefficient (Wildman–Crippen LogP) is -2.70. The first-order valence-electron chi connectivity index (χ1n) is 5.66. The first-order chi connectivity index (χ1) is 8.43. The van der Waals surface area contributed by atoms with Crippen LogP contribution in [0.25, 0.3) is 0 Å². The Hall–Kier alpha value is -1.22. The molecule has 2 fully saturated rings. The van der Waals surface area contributed by atoms with Crippen LogP contribution in [0.15, 0.2) is 0 Å². The van der Waals surface area contributed by atoms with Crippen molar-refractivity contribution in [3.63, 3.8) is 0 Å². The number of hydrogen-bond acceptors (Lipinski definition) is 6. The van der Waals surface area contributed by atoms with Crippen LogP contribution in [0.1, 0.15) is 0 Å². The van der Waals surface area contributed by atoms with Crippen LogP contribution in [0.3, 0.4) is 0 Å². The van der Waals surface area contributed by atoms with Gasteiger partial charge in [0.05, 0.1) is 0 Å². The van der Waals surface area contributed by atoms with Crippen molar-refractivity contribution in [2.24, 2.45) is 11.8 Å². The minimum Gasteiger partial charge on any atom is -0.479 e. The second kappa shape index (κ2) is 6.64. The lowest BCUT2D eigenvalue weighted by Crippen LogP contribution is -2.39. The highest BCUT2D eigenvalue weighted by Gasteiger charge is 2.30. The molecular formula is C10H18N2O6. The van der Waals surface area contributed by atoms with Gasteiger partial charge in [0.15, 0.2) is 12.2 Å². The molecule has 2 aliphatic rings. The summed E-state index contributed by atoms with van der Waals surface area (Å²) in [4.78, 5) is 19.5. The van der Waals surface area contributed by atoms with Crippen LogP contribution < -0.4 is 10.6 Å². The fourth-order valence-corrected chi connectivity index (χ4v) is 1.99. The van der Waals surface area contributed by atoms with Crippen LogP contribution in [0.2, 0.25) is 0 Å². The van der Waals surface area contributed by atoms with Crippen molar-refractivity contribution in [1.82, 2.24) is 10.6 Å². The monoisotopic (exact) mass is 262 g/mol. The largest absolute Gasteiger partial charge is 0.479 e. The van der Waals surface area contributed by atoms with Gasteiger partial charge in [-0.05, 0) is 38.0 Å². The van der Waals surface area contributed by atoms with E-state index in [0.717, 1.165) is 11.8 Å². The van der Waals surface area contributed by atoms with E-state index in [0.29, 0.717) is 0 Å². The van der Waals surface area contributed by atoms with Crippen molar-refractivity contribution in [3.8, 4) is 0 Å². The first-order valence-corrected chi connectivity index (χ1v) is 5.66. The van der Waals surface area contributed by atoms with Gasteiger partial charge in [-0.25, -0.2) is 9.59 Å². The van der Waals surface area contributed by atoms with Gasteiger partial charge in [0.2, 0.25) is 0 Å². The number of carbonyl (C=O) groups is 2. The fraction of sp³-hybridized carbons (Fsp3) is 0.800. The molecule has 0 bridgehead atoms. The molecule has 8 heteroatoms. The van der Waals surface area contributed by atoms with E-state index in [1.54, 1.807) is 0 Å². The van der Waals surface area contributed by atoms with Crippen LogP contribution in [0.5, 0.6) is 0 Å². The Bertz CT molecular complexity index is 273. The molecule has 0 aliphatic carbocycles. The molecule has 2 unspecified atom stereocenters. The van der Waals surface area contributed by atoms with Crippen molar-refractivity contribution in [3.05, 3.63) is 0 Å². The second-order valence-electron chi connectivity index (χ2n) is 4.40. The molecular weight excluding hydrogens is 244 g/mol. The van der Waals surface area contributed by atoms with Crippen molar-refractivity contribution < 1.29 is 30.0 Å². The average molecular weight is 262 g/mol. The summed E-state index contributed by atoms with van der Waals surface area (Å²) in [6, 6.07) is 0. The molecule has 0 aromatic heterocycles. The zero-order valence-corrected chi connectivity index (χ0v) is 9.74. The van der Waals surface area contributed by atoms with E-state index in [1.807, 2.05) is 0 Å². The SMILES string of the molecule is C1NCC2CNCC12.O=C(O)C(O)C(O)C(=O)O. The Labute approximate surface area is 104 Å². The standard InChI is InChI=1S/C6H12N2.C4H6O6/c1-5-2-8-4-6(5)3-7-1;5-1(3(7)8)2(6)4(9)10/h5-8H,1-4H2;1-2,5-6H,(H,7,8)(H,9,10). The van der Waals surface area contributed by atoms with Gasteiger partial charge in [-0.15, -0.1) is 0 Å². The Morgan fingerprint density at radius 1 is 0.833 bits per heavy atom. The van der Waals surface area contributed by atoms with Crippen LogP contribution in [0, 0.1) is 11.8 Å². The number of aliphatic hydroxyl groups is 2. The van der Waals surface area contributed by atoms with Gasteiger partial charge >= 0.3 is 11.9 Å². The smallest absolute Gasteiger partial charge is 0.335 e. The van der Waals surface area contributed by atoms with E-state index in [9.17, 15) is 9.59 Å². The minimum absolute atomic E-state index is 0.954. The third kappa shape index (κ3) is 3.91. The van der Waals surface area contributed by atoms with Crippen LogP contribution in [-0.2, 0) is 9.59 Å². The minimum atomic E-state index is -2.27. The average Bonchev–Trinajstić information content (AvgIpc) is 2.89. The van der Waals surface area contributed by atoms with Crippen LogP contribution in [-0.4, -0.2) is 70.8 Å². The number of carboxylic acid groups (broad SMARTS) is 2. The number of aliphatic hydroxyl groups excluding tert-OH is 2. The van der Waals surface area contributed by atoms with E-state index in [1.165, 1.54) is 26.2 Å². The molecule has 0 radical (unpaired) electrons. The third-order valence-corrected chi connectivity index (χ3v) is 3.10. The number of aliphatic carboxylic acids is 2. The summed E-state index contributed by atoms with van der Waals surface area (Å²) in [6.07, 6.45) is -4.53. The zero-order chi connectivity index (χ0) is 13.7. The summed E-state index contributed by atoms with van der Waals surface area (Å²) in [5.74, 6) is -1.63. The number of carboxylic acids is 2. The lowest BCUT2D eigenvalue weighted by Gasteiger charge is -2.07. The fourth-order valence-electron chi connectivity index (χ4n) is 1.99. The van der Waals surface area contributed by atoms with E-state index in [4.69, 9.17) is 20.4 Å². The van der Waals surface area contributed by atoms with E-state index < -0.39 is 24.1 Å². The maximum absolute atomic E-state index is 9.77. The molecule has 0 amide bonds. The van der Waals surface area contributed by atoms with E-state index in [-0.39, 0.29) is 0 Å². The third-order valence-electron chi connectivity index (χ3n) is 3.10. The number of hydrogen-bond donors (Lipinski definition) is 6. The molecule has 18 heavy (non-hydrogen) atoms. The highest BCUT2D eigenvalue weighted by Crippen LogP contribution is 2.19. The second-order valence-corrected chi connectivity index (χ2v) is 4.40. The summed E-state index contributed by atoms with van der Waals surface area (Å²) in [5.41, 5.74) is 0. The molecule has 2 atom stereocenters. The molecule has 2 rings (SSSR count). The lowest BCUT2D eigenvalue weighted by atomic mass is 10.0. The number of fused-ring (bicyclic) bond motifs is 1. The highest BCUT2D eigenvalue weighted by atomic mass is 16.4. The quantitative estimate of drug-likeness (QED) is 0.323. The van der Waals surface area contributed by atoms with Gasteiger partial charge < -0.3 is 31.1 Å². The number of rotatable bonds is 3. The van der Waals surface area contributed by atoms with Crippen molar-refractivity contribution >= 4 is 11.9 Å². The maximum Gasteiger partial charge on any atom is 0.335 e. The molecule has 104 valence electrons. The molecule has 0 aromatic rings. The van der Waals surface area contributed by atoms with Gasteiger partial charge in [-0.2, -0.15) is 0 Å². The summed E-state index contributed by atoms with van der Waals surface area (Å²) in [7, 11) is 0. The van der Waals surface area contributed by atoms with E-state index in [2.05, 4.69) is 10.6 Å². The zero-order valence-electron chi connectivity index (χ0n) is 9.74. The summed E-state index contributed by atoms with van der Waals surface area (Å²) >= 11 is 0. The van der Waals surface area contributed by atoms with E-state index >= 15 is 0 Å². The first kappa shape index (κ1) is 14.8. The van der Waals surface area contributed by atoms with Crippen molar-refractivity contribution in [2.75, 3.05) is 26.2 Å². The summed E-state index contributed by atoms with van der Waals surface area (Å²) in [5, 5.41) is 39.3. The van der Waals surface area contributed by atoms with Crippen molar-refractivity contribution in [2.45, 2.75) is 12.2 Å². The Balaban J connectivity index is 0.000000182. The highest BCUT2D eigenvalue weighted by molar-refractivity contribution is 5.83. The maximum atomic E-state index is 9.77.